The van der Waals surface area contributed by atoms with Gasteiger partial charge >= 0.3 is 5.97 Å². The average molecular weight is 228 g/mol. The Morgan fingerprint density at radius 3 is 2.50 bits per heavy atom. The van der Waals surface area contributed by atoms with Crippen LogP contribution in [0.2, 0.25) is 0 Å². The fourth-order valence-corrected chi connectivity index (χ4v) is 2.04. The molecular weight excluding hydrogens is 208 g/mol. The second-order valence-corrected chi connectivity index (χ2v) is 4.40. The summed E-state index contributed by atoms with van der Waals surface area (Å²) in [6.45, 7) is 4.89. The maximum absolute atomic E-state index is 11.2. The van der Waals surface area contributed by atoms with Crippen molar-refractivity contribution >= 4 is 11.9 Å². The van der Waals surface area contributed by atoms with Crippen LogP contribution in [0.25, 0.3) is 0 Å². The molecule has 92 valence electrons. The van der Waals surface area contributed by atoms with Crippen molar-refractivity contribution in [2.75, 3.05) is 19.6 Å². The predicted molar refractivity (Wildman–Crippen MR) is 60.1 cm³/mol. The zero-order valence-corrected chi connectivity index (χ0v) is 9.74. The van der Waals surface area contributed by atoms with Crippen molar-refractivity contribution in [3.8, 4) is 0 Å². The monoisotopic (exact) mass is 228 g/mol. The summed E-state index contributed by atoms with van der Waals surface area (Å²) in [7, 11) is 0. The highest BCUT2D eigenvalue weighted by molar-refractivity contribution is 5.93. The van der Waals surface area contributed by atoms with E-state index in [0.717, 1.165) is 19.6 Å². The molecular formula is C11H20N2O3. The summed E-state index contributed by atoms with van der Waals surface area (Å²) in [6.07, 6.45) is 3.28. The SMILES string of the molecule is CC(CN1CCCCC1)NC(=O)CC(=O)O. The lowest BCUT2D eigenvalue weighted by Gasteiger charge is -2.29. The highest BCUT2D eigenvalue weighted by Gasteiger charge is 2.15. The second-order valence-electron chi connectivity index (χ2n) is 4.40. The number of rotatable bonds is 5. The Hall–Kier alpha value is -1.10. The summed E-state index contributed by atoms with van der Waals surface area (Å²) in [4.78, 5) is 23.8. The highest BCUT2D eigenvalue weighted by atomic mass is 16.4. The van der Waals surface area contributed by atoms with E-state index in [9.17, 15) is 9.59 Å². The number of amides is 1. The topological polar surface area (TPSA) is 69.6 Å². The van der Waals surface area contributed by atoms with Crippen molar-refractivity contribution in [3.05, 3.63) is 0 Å². The quantitative estimate of drug-likeness (QED) is 0.670. The first kappa shape index (κ1) is 13.0. The van der Waals surface area contributed by atoms with Crippen LogP contribution in [0, 0.1) is 0 Å². The lowest BCUT2D eigenvalue weighted by Crippen LogP contribution is -2.44. The van der Waals surface area contributed by atoms with E-state index in [1.807, 2.05) is 6.92 Å². The summed E-state index contributed by atoms with van der Waals surface area (Å²) in [5.74, 6) is -1.49. The molecule has 1 atom stereocenters. The number of aliphatic carboxylic acids is 1. The van der Waals surface area contributed by atoms with Crippen LogP contribution < -0.4 is 5.32 Å². The van der Waals surface area contributed by atoms with E-state index >= 15 is 0 Å². The second kappa shape index (κ2) is 6.48. The zero-order valence-electron chi connectivity index (χ0n) is 9.74. The lowest BCUT2D eigenvalue weighted by atomic mass is 10.1. The van der Waals surface area contributed by atoms with Gasteiger partial charge in [-0.25, -0.2) is 0 Å². The number of hydrogen-bond donors (Lipinski definition) is 2. The number of carbonyl (C=O) groups is 2. The first-order valence-corrected chi connectivity index (χ1v) is 5.81. The van der Waals surface area contributed by atoms with Gasteiger partial charge in [-0.05, 0) is 32.9 Å². The maximum atomic E-state index is 11.2. The van der Waals surface area contributed by atoms with Gasteiger partial charge in [0.05, 0.1) is 0 Å². The van der Waals surface area contributed by atoms with Gasteiger partial charge in [0, 0.05) is 12.6 Å². The largest absolute Gasteiger partial charge is 0.481 e. The molecule has 1 saturated heterocycles. The lowest BCUT2D eigenvalue weighted by molar-refractivity contribution is -0.140. The smallest absolute Gasteiger partial charge is 0.312 e. The van der Waals surface area contributed by atoms with Crippen LogP contribution in [0.1, 0.15) is 32.6 Å². The molecule has 1 heterocycles. The molecule has 16 heavy (non-hydrogen) atoms. The van der Waals surface area contributed by atoms with Gasteiger partial charge in [0.2, 0.25) is 5.91 Å². The molecule has 0 radical (unpaired) electrons. The van der Waals surface area contributed by atoms with Crippen LogP contribution in [0.5, 0.6) is 0 Å². The molecule has 0 aromatic carbocycles. The van der Waals surface area contributed by atoms with Crippen molar-refractivity contribution in [3.63, 3.8) is 0 Å². The summed E-state index contributed by atoms with van der Waals surface area (Å²) in [5, 5.41) is 11.1. The van der Waals surface area contributed by atoms with Crippen molar-refractivity contribution in [1.29, 1.82) is 0 Å². The van der Waals surface area contributed by atoms with Gasteiger partial charge in [0.15, 0.2) is 0 Å². The summed E-state index contributed by atoms with van der Waals surface area (Å²) >= 11 is 0. The molecule has 2 N–H and O–H groups in total. The first-order chi connectivity index (χ1) is 7.58. The van der Waals surface area contributed by atoms with Crippen molar-refractivity contribution in [1.82, 2.24) is 10.2 Å². The summed E-state index contributed by atoms with van der Waals surface area (Å²) in [5.41, 5.74) is 0. The standard InChI is InChI=1S/C11H20N2O3/c1-9(12-10(14)7-11(15)16)8-13-5-3-2-4-6-13/h9H,2-8H2,1H3,(H,12,14)(H,15,16). The van der Waals surface area contributed by atoms with E-state index in [0.29, 0.717) is 0 Å². The molecule has 1 aliphatic heterocycles. The van der Waals surface area contributed by atoms with Crippen LogP contribution in [-0.4, -0.2) is 47.6 Å². The Morgan fingerprint density at radius 2 is 1.94 bits per heavy atom. The molecule has 0 aromatic rings. The molecule has 5 heteroatoms. The Balaban J connectivity index is 2.21. The van der Waals surface area contributed by atoms with E-state index in [1.165, 1.54) is 19.3 Å². The third-order valence-electron chi connectivity index (χ3n) is 2.70. The Labute approximate surface area is 95.8 Å². The predicted octanol–water partition coefficient (Wildman–Crippen LogP) is 0.452. The minimum absolute atomic E-state index is 0.0185. The number of piperidine rings is 1. The van der Waals surface area contributed by atoms with Crippen molar-refractivity contribution in [2.24, 2.45) is 0 Å². The third kappa shape index (κ3) is 5.11. The number of carbonyl (C=O) groups excluding carboxylic acids is 1. The van der Waals surface area contributed by atoms with Gasteiger partial charge in [-0.3, -0.25) is 9.59 Å². The minimum atomic E-state index is -1.08. The number of carboxylic acids is 1. The summed E-state index contributed by atoms with van der Waals surface area (Å²) < 4.78 is 0. The van der Waals surface area contributed by atoms with E-state index in [1.54, 1.807) is 0 Å². The van der Waals surface area contributed by atoms with E-state index in [4.69, 9.17) is 5.11 Å². The Kier molecular flexibility index (Phi) is 5.25. The van der Waals surface area contributed by atoms with E-state index in [2.05, 4.69) is 10.2 Å². The van der Waals surface area contributed by atoms with Gasteiger partial charge in [-0.1, -0.05) is 6.42 Å². The van der Waals surface area contributed by atoms with Crippen molar-refractivity contribution < 1.29 is 14.7 Å². The molecule has 0 aromatic heterocycles. The van der Waals surface area contributed by atoms with E-state index < -0.39 is 18.3 Å². The zero-order chi connectivity index (χ0) is 12.0. The molecule has 0 aliphatic carbocycles. The number of carboxylic acid groups (broad SMARTS) is 1. The molecule has 1 fully saturated rings. The first-order valence-electron chi connectivity index (χ1n) is 5.81. The third-order valence-corrected chi connectivity index (χ3v) is 2.70. The van der Waals surface area contributed by atoms with Gasteiger partial charge in [0.1, 0.15) is 6.42 Å². The summed E-state index contributed by atoms with van der Waals surface area (Å²) in [6, 6.07) is 0.0185. The highest BCUT2D eigenvalue weighted by Crippen LogP contribution is 2.08. The number of nitrogens with one attached hydrogen (secondary N) is 1. The average Bonchev–Trinajstić information content (AvgIpc) is 2.17. The number of hydrogen-bond acceptors (Lipinski definition) is 3. The Bertz CT molecular complexity index is 250. The fourth-order valence-electron chi connectivity index (χ4n) is 2.04. The van der Waals surface area contributed by atoms with Crippen LogP contribution in [0.4, 0.5) is 0 Å². The van der Waals surface area contributed by atoms with Crippen LogP contribution in [0.15, 0.2) is 0 Å². The Morgan fingerprint density at radius 1 is 1.31 bits per heavy atom. The van der Waals surface area contributed by atoms with Gasteiger partial charge < -0.3 is 15.3 Å². The molecule has 5 nitrogen and oxygen atoms in total. The molecule has 0 bridgehead atoms. The molecule has 0 saturated carbocycles. The molecule has 1 unspecified atom stereocenters. The number of likely N-dealkylation sites (tertiary alicyclic amines) is 1. The van der Waals surface area contributed by atoms with Gasteiger partial charge in [-0.2, -0.15) is 0 Å². The van der Waals surface area contributed by atoms with Gasteiger partial charge in [-0.15, -0.1) is 0 Å². The van der Waals surface area contributed by atoms with Crippen LogP contribution in [0.3, 0.4) is 0 Å². The van der Waals surface area contributed by atoms with Gasteiger partial charge in [0.25, 0.3) is 0 Å². The molecule has 0 spiro atoms. The molecule has 1 rings (SSSR count). The van der Waals surface area contributed by atoms with Crippen LogP contribution in [-0.2, 0) is 9.59 Å². The molecule has 1 aliphatic rings. The maximum Gasteiger partial charge on any atom is 0.312 e. The minimum Gasteiger partial charge on any atom is -0.481 e. The molecule has 1 amide bonds. The van der Waals surface area contributed by atoms with Crippen LogP contribution >= 0.6 is 0 Å². The van der Waals surface area contributed by atoms with E-state index in [-0.39, 0.29) is 6.04 Å². The number of nitrogens with zero attached hydrogens (tertiary/aromatic N) is 1. The fraction of sp³-hybridized carbons (Fsp3) is 0.818. The normalized spacial score (nSPS) is 19.1. The van der Waals surface area contributed by atoms with Crippen molar-refractivity contribution in [2.45, 2.75) is 38.6 Å².